The number of halogens is 3. The van der Waals surface area contributed by atoms with Crippen molar-refractivity contribution in [1.82, 2.24) is 19.5 Å². The molecule has 0 saturated carbocycles. The van der Waals surface area contributed by atoms with Gasteiger partial charge >= 0.3 is 6.18 Å². The molecule has 11 heteroatoms. The number of hydrogen-bond acceptors (Lipinski definition) is 6. The van der Waals surface area contributed by atoms with Gasteiger partial charge in [0.1, 0.15) is 5.75 Å². The summed E-state index contributed by atoms with van der Waals surface area (Å²) in [6.45, 7) is 0. The number of methoxy groups -OCH3 is 1. The number of carbonyl (C=O) groups excluding carboxylic acids is 1. The molecule has 2 aromatic heterocycles. The molecule has 0 aliphatic rings. The number of imidazole rings is 1. The minimum Gasteiger partial charge on any atom is -0.497 e. The Morgan fingerprint density at radius 1 is 1.12 bits per heavy atom. The Kier molecular flexibility index (Phi) is 5.19. The summed E-state index contributed by atoms with van der Waals surface area (Å²) in [6.07, 6.45) is -2.49. The van der Waals surface area contributed by atoms with Gasteiger partial charge in [0.25, 0.3) is 5.91 Å². The van der Waals surface area contributed by atoms with Crippen LogP contribution in [-0.4, -0.2) is 32.5 Å². The third kappa shape index (κ3) is 3.93. The van der Waals surface area contributed by atoms with Gasteiger partial charge in [-0.1, -0.05) is 0 Å². The molecule has 0 spiro atoms. The number of hydrogen-bond donors (Lipinski definition) is 1. The number of fused-ring (bicyclic) bond motifs is 1. The maximum Gasteiger partial charge on any atom is 0.450 e. The third-order valence-electron chi connectivity index (χ3n) is 4.50. The second-order valence-electron chi connectivity index (χ2n) is 6.53. The molecule has 0 aliphatic carbocycles. The average molecular weight is 438 g/mol. The SMILES string of the molecule is COc1ccc2c(c1)nc(C(F)(F)F)n2-c1cnc(NC(=O)c2ccc(C#N)cc2)cn1. The average Bonchev–Trinajstić information content (AvgIpc) is 3.19. The lowest BCUT2D eigenvalue weighted by Gasteiger charge is -2.11. The smallest absolute Gasteiger partial charge is 0.450 e. The van der Waals surface area contributed by atoms with Crippen molar-refractivity contribution in [3.05, 3.63) is 71.8 Å². The lowest BCUT2D eigenvalue weighted by Crippen LogP contribution is -2.16. The quantitative estimate of drug-likeness (QED) is 0.517. The summed E-state index contributed by atoms with van der Waals surface area (Å²) in [5.74, 6) is -1.39. The minimum absolute atomic E-state index is 0.0442. The number of anilines is 1. The number of benzene rings is 2. The predicted octanol–water partition coefficient (Wildman–Crippen LogP) is 3.97. The number of carbonyl (C=O) groups is 1. The lowest BCUT2D eigenvalue weighted by molar-refractivity contribution is -0.145. The van der Waals surface area contributed by atoms with Crippen LogP contribution in [0.1, 0.15) is 21.7 Å². The number of alkyl halides is 3. The Bertz CT molecular complexity index is 1340. The van der Waals surface area contributed by atoms with Crippen LogP contribution >= 0.6 is 0 Å². The van der Waals surface area contributed by atoms with Gasteiger partial charge in [-0.3, -0.25) is 9.36 Å². The van der Waals surface area contributed by atoms with Crippen LogP contribution in [0.5, 0.6) is 5.75 Å². The highest BCUT2D eigenvalue weighted by molar-refractivity contribution is 6.03. The van der Waals surface area contributed by atoms with E-state index in [0.29, 0.717) is 11.3 Å². The minimum atomic E-state index is -4.74. The molecule has 0 aliphatic heterocycles. The van der Waals surface area contributed by atoms with Crippen molar-refractivity contribution in [2.45, 2.75) is 6.18 Å². The van der Waals surface area contributed by atoms with E-state index >= 15 is 0 Å². The van der Waals surface area contributed by atoms with Crippen molar-refractivity contribution in [3.63, 3.8) is 0 Å². The summed E-state index contributed by atoms with van der Waals surface area (Å²) in [5.41, 5.74) is 0.929. The van der Waals surface area contributed by atoms with E-state index in [-0.39, 0.29) is 28.2 Å². The number of aromatic nitrogens is 4. The zero-order valence-corrected chi connectivity index (χ0v) is 16.4. The normalized spacial score (nSPS) is 11.2. The van der Waals surface area contributed by atoms with Crippen LogP contribution in [0, 0.1) is 11.3 Å². The summed E-state index contributed by atoms with van der Waals surface area (Å²) in [5, 5.41) is 11.3. The topological polar surface area (TPSA) is 106 Å². The van der Waals surface area contributed by atoms with E-state index in [1.54, 1.807) is 0 Å². The zero-order chi connectivity index (χ0) is 22.9. The summed E-state index contributed by atoms with van der Waals surface area (Å²) in [6, 6.07) is 12.2. The van der Waals surface area contributed by atoms with Crippen molar-refractivity contribution in [1.29, 1.82) is 5.26 Å². The molecule has 1 N–H and O–H groups in total. The van der Waals surface area contributed by atoms with Crippen molar-refractivity contribution in [2.24, 2.45) is 0 Å². The van der Waals surface area contributed by atoms with Gasteiger partial charge in [-0.05, 0) is 36.4 Å². The number of amides is 1. The van der Waals surface area contributed by atoms with Crippen LogP contribution < -0.4 is 10.1 Å². The highest BCUT2D eigenvalue weighted by atomic mass is 19.4. The molecule has 0 fully saturated rings. The number of nitriles is 1. The fourth-order valence-electron chi connectivity index (χ4n) is 2.99. The molecule has 4 rings (SSSR count). The molecule has 1 amide bonds. The van der Waals surface area contributed by atoms with Crippen molar-refractivity contribution < 1.29 is 22.7 Å². The molecule has 32 heavy (non-hydrogen) atoms. The third-order valence-corrected chi connectivity index (χ3v) is 4.50. The predicted molar refractivity (Wildman–Crippen MR) is 107 cm³/mol. The number of rotatable bonds is 4. The van der Waals surface area contributed by atoms with Crippen molar-refractivity contribution in [2.75, 3.05) is 12.4 Å². The molecule has 0 saturated heterocycles. The van der Waals surface area contributed by atoms with E-state index in [0.717, 1.165) is 17.0 Å². The van der Waals surface area contributed by atoms with Gasteiger partial charge in [-0.25, -0.2) is 15.0 Å². The summed E-state index contributed by atoms with van der Waals surface area (Å²) < 4.78 is 46.7. The highest BCUT2D eigenvalue weighted by Crippen LogP contribution is 2.34. The Balaban J connectivity index is 1.66. The van der Waals surface area contributed by atoms with Gasteiger partial charge in [0, 0.05) is 11.6 Å². The molecular formula is C21H13F3N6O2. The summed E-state index contributed by atoms with van der Waals surface area (Å²) in [7, 11) is 1.40. The maximum atomic E-state index is 13.6. The number of nitrogens with zero attached hydrogens (tertiary/aromatic N) is 5. The van der Waals surface area contributed by atoms with Crippen LogP contribution in [0.2, 0.25) is 0 Å². The second kappa shape index (κ2) is 7.99. The summed E-state index contributed by atoms with van der Waals surface area (Å²) >= 11 is 0. The van der Waals surface area contributed by atoms with E-state index in [1.807, 2.05) is 6.07 Å². The van der Waals surface area contributed by atoms with E-state index in [4.69, 9.17) is 10.00 Å². The summed E-state index contributed by atoms with van der Waals surface area (Å²) in [4.78, 5) is 24.0. The van der Waals surface area contributed by atoms with Gasteiger partial charge in [-0.2, -0.15) is 18.4 Å². The van der Waals surface area contributed by atoms with Crippen LogP contribution in [0.15, 0.2) is 54.9 Å². The standard InChI is InChI=1S/C21H13F3N6O2/c1-32-14-6-7-16-15(8-14)28-20(21(22,23)24)30(16)18-11-26-17(10-27-18)29-19(31)13-4-2-12(9-25)3-5-13/h2-8,10-11H,1H3,(H,26,29,31). The Hall–Kier alpha value is -4.46. The first-order valence-electron chi connectivity index (χ1n) is 9.08. The van der Waals surface area contributed by atoms with Gasteiger partial charge in [0.05, 0.1) is 42.2 Å². The first-order valence-corrected chi connectivity index (χ1v) is 9.08. The molecule has 0 bridgehead atoms. The highest BCUT2D eigenvalue weighted by Gasteiger charge is 2.38. The zero-order valence-electron chi connectivity index (χ0n) is 16.4. The van der Waals surface area contributed by atoms with E-state index in [9.17, 15) is 18.0 Å². The van der Waals surface area contributed by atoms with E-state index in [2.05, 4.69) is 20.3 Å². The van der Waals surface area contributed by atoms with Crippen molar-refractivity contribution in [3.8, 4) is 17.6 Å². The van der Waals surface area contributed by atoms with Crippen LogP contribution in [0.25, 0.3) is 16.9 Å². The molecule has 0 radical (unpaired) electrons. The largest absolute Gasteiger partial charge is 0.497 e. The lowest BCUT2D eigenvalue weighted by atomic mass is 10.1. The first-order chi connectivity index (χ1) is 15.3. The Morgan fingerprint density at radius 3 is 2.47 bits per heavy atom. The first kappa shape index (κ1) is 20.8. The number of nitrogens with one attached hydrogen (secondary N) is 1. The number of ether oxygens (including phenoxy) is 1. The van der Waals surface area contributed by atoms with E-state index < -0.39 is 17.9 Å². The van der Waals surface area contributed by atoms with E-state index in [1.165, 1.54) is 49.6 Å². The van der Waals surface area contributed by atoms with Crippen LogP contribution in [-0.2, 0) is 6.18 Å². The molecular weight excluding hydrogens is 425 g/mol. The molecule has 160 valence electrons. The van der Waals surface area contributed by atoms with Crippen LogP contribution in [0.4, 0.5) is 19.0 Å². The van der Waals surface area contributed by atoms with Crippen LogP contribution in [0.3, 0.4) is 0 Å². The monoisotopic (exact) mass is 438 g/mol. The molecule has 0 atom stereocenters. The van der Waals surface area contributed by atoms with Gasteiger partial charge in [0.15, 0.2) is 11.6 Å². The molecule has 8 nitrogen and oxygen atoms in total. The fourth-order valence-corrected chi connectivity index (χ4v) is 2.99. The second-order valence-corrected chi connectivity index (χ2v) is 6.53. The maximum absolute atomic E-state index is 13.6. The van der Waals surface area contributed by atoms with Gasteiger partial charge < -0.3 is 10.1 Å². The molecule has 4 aromatic rings. The Labute approximate surface area is 178 Å². The van der Waals surface area contributed by atoms with Gasteiger partial charge in [0.2, 0.25) is 5.82 Å². The molecule has 0 unspecified atom stereocenters. The molecule has 2 aromatic carbocycles. The Morgan fingerprint density at radius 2 is 1.88 bits per heavy atom. The fraction of sp³-hybridized carbons (Fsp3) is 0.0952. The van der Waals surface area contributed by atoms with Gasteiger partial charge in [-0.15, -0.1) is 0 Å². The van der Waals surface area contributed by atoms with Crippen molar-refractivity contribution >= 4 is 22.8 Å². The molecule has 2 heterocycles.